The molecule has 0 aromatic heterocycles. The number of ether oxygens (including phenoxy) is 2. The lowest BCUT2D eigenvalue weighted by Crippen LogP contribution is -2.45. The number of hydrogen-bond donors (Lipinski definition) is 0. The predicted molar refractivity (Wildman–Crippen MR) is 58.7 cm³/mol. The molecule has 1 saturated heterocycles. The highest BCUT2D eigenvalue weighted by molar-refractivity contribution is 6.00. The van der Waals surface area contributed by atoms with Crippen LogP contribution in [-0.4, -0.2) is 25.2 Å². The van der Waals surface area contributed by atoms with Gasteiger partial charge in [0, 0.05) is 0 Å². The third kappa shape index (κ3) is 2.43. The molecule has 1 fully saturated rings. The zero-order valence-electron chi connectivity index (χ0n) is 9.66. The summed E-state index contributed by atoms with van der Waals surface area (Å²) < 4.78 is 9.96. The van der Waals surface area contributed by atoms with E-state index in [1.54, 1.807) is 13.0 Å². The summed E-state index contributed by atoms with van der Waals surface area (Å²) in [6.07, 6.45) is 3.95. The number of hydrogen-bond acceptors (Lipinski definition) is 4. The highest BCUT2D eigenvalue weighted by Crippen LogP contribution is 2.36. The number of allylic oxidation sites excluding steroid dienone is 1. The minimum Gasteiger partial charge on any atom is -0.465 e. The highest BCUT2D eigenvalue weighted by Gasteiger charge is 2.49. The fourth-order valence-electron chi connectivity index (χ4n) is 1.91. The molecule has 1 unspecified atom stereocenters. The number of esters is 2. The van der Waals surface area contributed by atoms with Crippen LogP contribution in [0.3, 0.4) is 0 Å². The molecule has 0 amide bonds. The van der Waals surface area contributed by atoms with Crippen LogP contribution in [0.15, 0.2) is 12.7 Å². The molecular formula is C12H18O4. The van der Waals surface area contributed by atoms with Gasteiger partial charge in [0.1, 0.15) is 0 Å². The molecule has 1 aliphatic rings. The van der Waals surface area contributed by atoms with E-state index in [1.165, 1.54) is 0 Å². The van der Waals surface area contributed by atoms with Crippen LogP contribution >= 0.6 is 0 Å². The first kappa shape index (κ1) is 12.7. The molecule has 0 aromatic carbocycles. The molecule has 0 spiro atoms. The van der Waals surface area contributed by atoms with Crippen LogP contribution in [0.25, 0.3) is 0 Å². The third-order valence-corrected chi connectivity index (χ3v) is 2.81. The molecule has 0 radical (unpaired) electrons. The Morgan fingerprint density at radius 3 is 3.00 bits per heavy atom. The largest absolute Gasteiger partial charge is 0.465 e. The van der Waals surface area contributed by atoms with Crippen molar-refractivity contribution in [3.8, 4) is 0 Å². The van der Waals surface area contributed by atoms with Gasteiger partial charge in [0.05, 0.1) is 13.2 Å². The van der Waals surface area contributed by atoms with Crippen molar-refractivity contribution in [2.75, 3.05) is 13.2 Å². The molecular weight excluding hydrogens is 208 g/mol. The van der Waals surface area contributed by atoms with Gasteiger partial charge in [0.25, 0.3) is 0 Å². The van der Waals surface area contributed by atoms with Gasteiger partial charge in [-0.05, 0) is 32.6 Å². The molecule has 1 atom stereocenters. The van der Waals surface area contributed by atoms with E-state index >= 15 is 0 Å². The first-order chi connectivity index (χ1) is 7.67. The number of rotatable bonds is 5. The second-order valence-electron chi connectivity index (χ2n) is 3.87. The molecule has 4 heteroatoms. The summed E-state index contributed by atoms with van der Waals surface area (Å²) in [7, 11) is 0. The van der Waals surface area contributed by atoms with Gasteiger partial charge in [-0.25, -0.2) is 0 Å². The molecule has 0 saturated carbocycles. The van der Waals surface area contributed by atoms with Crippen LogP contribution in [0.2, 0.25) is 0 Å². The molecule has 0 aliphatic carbocycles. The maximum atomic E-state index is 11.9. The molecule has 1 rings (SSSR count). The molecule has 1 heterocycles. The van der Waals surface area contributed by atoms with E-state index < -0.39 is 17.4 Å². The SMILES string of the molecule is C=CCCC1(C(=O)OCC)CCCOC1=O. The van der Waals surface area contributed by atoms with Crippen LogP contribution in [0.4, 0.5) is 0 Å². The Bertz CT molecular complexity index is 285. The standard InChI is InChI=1S/C12H18O4/c1-3-5-7-12(10(13)15-4-2)8-6-9-16-11(12)14/h3H,1,4-9H2,2H3. The van der Waals surface area contributed by atoms with Gasteiger partial charge >= 0.3 is 11.9 Å². The molecule has 0 N–H and O–H groups in total. The second kappa shape index (κ2) is 5.68. The Kier molecular flexibility index (Phi) is 4.52. The smallest absolute Gasteiger partial charge is 0.323 e. The van der Waals surface area contributed by atoms with Gasteiger partial charge in [0.15, 0.2) is 5.41 Å². The summed E-state index contributed by atoms with van der Waals surface area (Å²) in [5.41, 5.74) is -1.09. The van der Waals surface area contributed by atoms with Crippen molar-refractivity contribution in [3.05, 3.63) is 12.7 Å². The van der Waals surface area contributed by atoms with E-state index in [0.29, 0.717) is 32.3 Å². The molecule has 0 aromatic rings. The van der Waals surface area contributed by atoms with E-state index in [-0.39, 0.29) is 6.61 Å². The first-order valence-corrected chi connectivity index (χ1v) is 5.62. The summed E-state index contributed by atoms with van der Waals surface area (Å²) in [4.78, 5) is 23.7. The summed E-state index contributed by atoms with van der Waals surface area (Å²) >= 11 is 0. The Morgan fingerprint density at radius 1 is 1.69 bits per heavy atom. The van der Waals surface area contributed by atoms with Gasteiger partial charge in [-0.2, -0.15) is 0 Å². The fraction of sp³-hybridized carbons (Fsp3) is 0.667. The topological polar surface area (TPSA) is 52.6 Å². The quantitative estimate of drug-likeness (QED) is 0.408. The van der Waals surface area contributed by atoms with Gasteiger partial charge < -0.3 is 9.47 Å². The van der Waals surface area contributed by atoms with Crippen molar-refractivity contribution in [2.45, 2.75) is 32.6 Å². The highest BCUT2D eigenvalue weighted by atomic mass is 16.6. The van der Waals surface area contributed by atoms with Crippen molar-refractivity contribution in [3.63, 3.8) is 0 Å². The van der Waals surface area contributed by atoms with E-state index in [9.17, 15) is 9.59 Å². The maximum Gasteiger partial charge on any atom is 0.323 e. The average molecular weight is 226 g/mol. The van der Waals surface area contributed by atoms with E-state index in [2.05, 4.69) is 6.58 Å². The number of carbonyl (C=O) groups is 2. The zero-order chi connectivity index (χ0) is 12.0. The van der Waals surface area contributed by atoms with Gasteiger partial charge in [-0.3, -0.25) is 9.59 Å². The number of cyclic esters (lactones) is 1. The summed E-state index contributed by atoms with van der Waals surface area (Å²) in [5, 5.41) is 0. The Balaban J connectivity index is 2.85. The number of carbonyl (C=O) groups excluding carboxylic acids is 2. The minimum absolute atomic E-state index is 0.280. The normalized spacial score (nSPS) is 24.7. The van der Waals surface area contributed by atoms with Crippen LogP contribution in [-0.2, 0) is 19.1 Å². The molecule has 1 aliphatic heterocycles. The van der Waals surface area contributed by atoms with Crippen LogP contribution in [0.5, 0.6) is 0 Å². The second-order valence-corrected chi connectivity index (χ2v) is 3.87. The van der Waals surface area contributed by atoms with Crippen molar-refractivity contribution >= 4 is 11.9 Å². The van der Waals surface area contributed by atoms with E-state index in [0.717, 1.165) is 0 Å². The Labute approximate surface area is 95.6 Å². The van der Waals surface area contributed by atoms with Crippen molar-refractivity contribution < 1.29 is 19.1 Å². The minimum atomic E-state index is -1.09. The van der Waals surface area contributed by atoms with Crippen LogP contribution in [0.1, 0.15) is 32.6 Å². The van der Waals surface area contributed by atoms with Crippen LogP contribution in [0, 0.1) is 5.41 Å². The van der Waals surface area contributed by atoms with Gasteiger partial charge in [-0.1, -0.05) is 6.08 Å². The molecule has 0 bridgehead atoms. The van der Waals surface area contributed by atoms with Crippen molar-refractivity contribution in [1.82, 2.24) is 0 Å². The van der Waals surface area contributed by atoms with Crippen molar-refractivity contribution in [1.29, 1.82) is 0 Å². The average Bonchev–Trinajstić information content (AvgIpc) is 2.28. The molecule has 4 nitrogen and oxygen atoms in total. The Morgan fingerprint density at radius 2 is 2.44 bits per heavy atom. The van der Waals surface area contributed by atoms with Gasteiger partial charge in [-0.15, -0.1) is 6.58 Å². The summed E-state index contributed by atoms with van der Waals surface area (Å²) in [6.45, 7) is 6.01. The lowest BCUT2D eigenvalue weighted by Gasteiger charge is -2.32. The van der Waals surface area contributed by atoms with Gasteiger partial charge in [0.2, 0.25) is 0 Å². The molecule has 16 heavy (non-hydrogen) atoms. The summed E-state index contributed by atoms with van der Waals surface area (Å²) in [5.74, 6) is -0.902. The van der Waals surface area contributed by atoms with E-state index in [4.69, 9.17) is 9.47 Å². The summed E-state index contributed by atoms with van der Waals surface area (Å²) in [6, 6.07) is 0. The monoisotopic (exact) mass is 226 g/mol. The maximum absolute atomic E-state index is 11.9. The third-order valence-electron chi connectivity index (χ3n) is 2.81. The first-order valence-electron chi connectivity index (χ1n) is 5.62. The molecule has 90 valence electrons. The predicted octanol–water partition coefficient (Wildman–Crippen LogP) is 1.84. The fourth-order valence-corrected chi connectivity index (χ4v) is 1.91. The Hall–Kier alpha value is -1.32. The zero-order valence-corrected chi connectivity index (χ0v) is 9.66. The van der Waals surface area contributed by atoms with Crippen molar-refractivity contribution in [2.24, 2.45) is 5.41 Å². The van der Waals surface area contributed by atoms with E-state index in [1.807, 2.05) is 0 Å². The van der Waals surface area contributed by atoms with Crippen LogP contribution < -0.4 is 0 Å². The lowest BCUT2D eigenvalue weighted by molar-refractivity contribution is -0.178. The lowest BCUT2D eigenvalue weighted by atomic mass is 9.77.